The highest BCUT2D eigenvalue weighted by atomic mass is 14.9. The predicted molar refractivity (Wildman–Crippen MR) is 128 cm³/mol. The Morgan fingerprint density at radius 2 is 1.29 bits per heavy atom. The molecule has 2 rings (SSSR count). The van der Waals surface area contributed by atoms with Crippen LogP contribution in [0.2, 0.25) is 0 Å². The van der Waals surface area contributed by atoms with E-state index >= 15 is 0 Å². The third-order valence-electron chi connectivity index (χ3n) is 4.50. The van der Waals surface area contributed by atoms with Crippen LogP contribution in [-0.2, 0) is 0 Å². The molecule has 0 spiro atoms. The lowest BCUT2D eigenvalue weighted by Gasteiger charge is -2.07. The van der Waals surface area contributed by atoms with Crippen molar-refractivity contribution in [1.29, 1.82) is 0 Å². The highest BCUT2D eigenvalue weighted by molar-refractivity contribution is 6.12. The molecule has 0 aromatic carbocycles. The van der Waals surface area contributed by atoms with Gasteiger partial charge in [-0.2, -0.15) is 0 Å². The molecule has 136 valence electrons. The summed E-state index contributed by atoms with van der Waals surface area (Å²) < 4.78 is 3.25. The summed E-state index contributed by atoms with van der Waals surface area (Å²) in [5.74, 6) is 0. The Bertz CT molecular complexity index is 1120. The smallest absolute Gasteiger partial charge is 0.234 e. The molecule has 0 bridgehead atoms. The van der Waals surface area contributed by atoms with Crippen molar-refractivity contribution < 1.29 is 0 Å². The zero-order valence-electron chi connectivity index (χ0n) is 16.7. The van der Waals surface area contributed by atoms with Gasteiger partial charge in [-0.25, -0.2) is 0 Å². The van der Waals surface area contributed by atoms with Crippen molar-refractivity contribution in [3.63, 3.8) is 0 Å². The fourth-order valence-corrected chi connectivity index (χ4v) is 3.45. The van der Waals surface area contributed by atoms with Gasteiger partial charge >= 0.3 is 0 Å². The topological polar surface area (TPSA) is 9.86 Å². The molecule has 0 amide bonds. The summed E-state index contributed by atoms with van der Waals surface area (Å²) in [6.07, 6.45) is 18.7. The largest absolute Gasteiger partial charge is 0.397 e. The lowest BCUT2D eigenvalue weighted by molar-refractivity contribution is 1.17. The zero-order chi connectivity index (χ0) is 20.8. The van der Waals surface area contributed by atoms with Crippen molar-refractivity contribution in [2.24, 2.45) is 0 Å². The van der Waals surface area contributed by atoms with Crippen LogP contribution in [0.5, 0.6) is 0 Å². The van der Waals surface area contributed by atoms with Crippen molar-refractivity contribution in [2.75, 3.05) is 0 Å². The second-order valence-corrected chi connectivity index (χ2v) is 6.07. The van der Waals surface area contributed by atoms with Gasteiger partial charge in [-0.15, -0.1) is 0 Å². The molecule has 0 atom stereocenters. The Morgan fingerprint density at radius 1 is 0.714 bits per heavy atom. The predicted octanol–water partition coefficient (Wildman–Crippen LogP) is 4.11. The average molecular weight is 362 g/mol. The Balaban J connectivity index is 3.26. The molecule has 2 nitrogen and oxygen atoms in total. The Kier molecular flexibility index (Phi) is 6.94. The van der Waals surface area contributed by atoms with E-state index in [0.29, 0.717) is 0 Å². The SMILES string of the molecule is [B]n1c(C=C)c(-c2c(C=C)n([B])c(=C/C=C)/c2=C\C=C)c(/C=C\C)c1/C=C\C. The van der Waals surface area contributed by atoms with Crippen LogP contribution in [0.3, 0.4) is 0 Å². The molecule has 2 heterocycles. The molecule has 0 saturated heterocycles. The van der Waals surface area contributed by atoms with E-state index in [9.17, 15) is 0 Å². The van der Waals surface area contributed by atoms with E-state index in [0.717, 1.165) is 44.3 Å². The summed E-state index contributed by atoms with van der Waals surface area (Å²) >= 11 is 0. The molecule has 0 aliphatic carbocycles. The molecule has 0 saturated carbocycles. The first-order valence-electron chi connectivity index (χ1n) is 9.01. The Morgan fingerprint density at radius 3 is 1.79 bits per heavy atom. The zero-order valence-corrected chi connectivity index (χ0v) is 16.7. The summed E-state index contributed by atoms with van der Waals surface area (Å²) in [5, 5.41) is 1.72. The van der Waals surface area contributed by atoms with Gasteiger partial charge in [0, 0.05) is 44.3 Å². The number of allylic oxidation sites excluding steroid dienone is 4. The highest BCUT2D eigenvalue weighted by Crippen LogP contribution is 2.35. The fourth-order valence-electron chi connectivity index (χ4n) is 3.45. The number of hydrogen-bond acceptors (Lipinski definition) is 0. The minimum Gasteiger partial charge on any atom is -0.397 e. The van der Waals surface area contributed by atoms with Crippen LogP contribution in [0.1, 0.15) is 36.5 Å². The molecule has 2 aromatic rings. The van der Waals surface area contributed by atoms with E-state index in [1.807, 2.05) is 50.3 Å². The quantitative estimate of drug-likeness (QED) is 0.657. The maximum Gasteiger partial charge on any atom is 0.234 e. The summed E-state index contributed by atoms with van der Waals surface area (Å²) in [7, 11) is 12.8. The van der Waals surface area contributed by atoms with Crippen molar-refractivity contribution in [2.45, 2.75) is 13.8 Å². The number of rotatable bonds is 7. The third kappa shape index (κ3) is 3.38. The molecule has 0 N–H and O–H groups in total. The van der Waals surface area contributed by atoms with Gasteiger partial charge in [0.1, 0.15) is 0 Å². The third-order valence-corrected chi connectivity index (χ3v) is 4.50. The second kappa shape index (κ2) is 9.18. The maximum absolute atomic E-state index is 6.43. The minimum absolute atomic E-state index is 0.771. The number of aromatic nitrogens is 2. The van der Waals surface area contributed by atoms with Gasteiger partial charge < -0.3 is 8.96 Å². The summed E-state index contributed by atoms with van der Waals surface area (Å²) in [6, 6.07) is 0. The molecule has 0 aliphatic rings. The minimum atomic E-state index is 0.771. The van der Waals surface area contributed by atoms with Gasteiger partial charge in [-0.1, -0.05) is 62.8 Å². The molecule has 0 fully saturated rings. The normalized spacial score (nSPS) is 12.9. The van der Waals surface area contributed by atoms with Gasteiger partial charge in [-0.3, -0.25) is 0 Å². The first-order chi connectivity index (χ1) is 13.5. The Hall–Kier alpha value is -3.13. The molecule has 4 heteroatoms. The van der Waals surface area contributed by atoms with Crippen LogP contribution in [0, 0.1) is 0 Å². The van der Waals surface area contributed by atoms with Crippen LogP contribution in [0.4, 0.5) is 0 Å². The van der Waals surface area contributed by atoms with E-state index in [4.69, 9.17) is 16.0 Å². The van der Waals surface area contributed by atoms with E-state index in [2.05, 4.69) is 26.3 Å². The first kappa shape index (κ1) is 21.2. The van der Waals surface area contributed by atoms with Gasteiger partial charge in [0.25, 0.3) is 0 Å². The molecule has 28 heavy (non-hydrogen) atoms. The molecular formula is C24H24B2N2. The van der Waals surface area contributed by atoms with Crippen LogP contribution < -0.4 is 10.6 Å². The maximum atomic E-state index is 6.43. The van der Waals surface area contributed by atoms with Gasteiger partial charge in [0.15, 0.2) is 0 Å². The van der Waals surface area contributed by atoms with Gasteiger partial charge in [0.05, 0.1) is 0 Å². The first-order valence-corrected chi connectivity index (χ1v) is 9.01. The van der Waals surface area contributed by atoms with Crippen LogP contribution in [0.15, 0.2) is 50.6 Å². The van der Waals surface area contributed by atoms with Crippen molar-refractivity contribution in [3.8, 4) is 11.1 Å². The standard InChI is InChI=1S/C24H24B2N2/c1-7-13-17-21(15-9-3)27(25)19(11-5)23(17)24-18(14-8-2)22(16-10-4)28(26)20(24)12-6/h7-16H,1,3,5-6H2,2,4H3/b14-8-,16-10-,17-13+,21-15+. The lowest BCUT2D eigenvalue weighted by Crippen LogP contribution is -2.29. The van der Waals surface area contributed by atoms with Gasteiger partial charge in [0.2, 0.25) is 16.0 Å². The van der Waals surface area contributed by atoms with Gasteiger partial charge in [-0.05, 0) is 38.2 Å². The molecule has 0 aliphatic heterocycles. The van der Waals surface area contributed by atoms with E-state index in [1.165, 1.54) is 0 Å². The van der Waals surface area contributed by atoms with Crippen LogP contribution in [-0.4, -0.2) is 24.9 Å². The molecule has 4 radical (unpaired) electrons. The average Bonchev–Trinajstić information content (AvgIpc) is 3.08. The van der Waals surface area contributed by atoms with Crippen molar-refractivity contribution in [1.82, 2.24) is 8.96 Å². The summed E-state index contributed by atoms with van der Waals surface area (Å²) in [5.41, 5.74) is 5.28. The Labute approximate surface area is 170 Å². The summed E-state index contributed by atoms with van der Waals surface area (Å²) in [4.78, 5) is 0. The number of nitrogens with zero attached hydrogens (tertiary/aromatic N) is 2. The fraction of sp³-hybridized carbons (Fsp3) is 0.0833. The molecular weight excluding hydrogens is 338 g/mol. The van der Waals surface area contributed by atoms with Crippen molar-refractivity contribution >= 4 is 52.4 Å². The van der Waals surface area contributed by atoms with E-state index in [1.54, 1.807) is 33.3 Å². The number of hydrogen-bond donors (Lipinski definition) is 0. The van der Waals surface area contributed by atoms with E-state index < -0.39 is 0 Å². The summed E-state index contributed by atoms with van der Waals surface area (Å²) in [6.45, 7) is 19.6. The van der Waals surface area contributed by atoms with Crippen LogP contribution in [0.25, 0.3) is 47.6 Å². The second-order valence-electron chi connectivity index (χ2n) is 6.07. The molecule has 2 aromatic heterocycles. The highest BCUT2D eigenvalue weighted by Gasteiger charge is 2.22. The van der Waals surface area contributed by atoms with Crippen molar-refractivity contribution in [3.05, 3.63) is 83.8 Å². The van der Waals surface area contributed by atoms with Crippen LogP contribution >= 0.6 is 0 Å². The lowest BCUT2D eigenvalue weighted by atomic mass is 9.97. The monoisotopic (exact) mass is 362 g/mol. The molecule has 0 unspecified atom stereocenters. The van der Waals surface area contributed by atoms with E-state index in [-0.39, 0.29) is 0 Å².